The number of carbonyl (C=O) groups excluding carboxylic acids is 4. The topological polar surface area (TPSA) is 140 Å². The standard InChI is InChI=1S/C18H26N4O5.ClH/c1-11(2)17(19)18(26)21-9-15(24)22-13-6-4-12(5-7-13)8-14(23)20-10-16(25)27-3;/h4-7,11,17H,8-10,19H2,1-3H3,(H,20,23)(H,21,26)(H,22,24);1H/t17-;/m0./s1. The molecule has 0 spiro atoms. The van der Waals surface area contributed by atoms with Crippen molar-refractivity contribution in [3.05, 3.63) is 29.8 Å². The molecule has 10 heteroatoms. The maximum Gasteiger partial charge on any atom is 0.325 e. The van der Waals surface area contributed by atoms with E-state index in [1.54, 1.807) is 24.3 Å². The normalized spacial score (nSPS) is 11.0. The molecular formula is C18H27ClN4O5. The summed E-state index contributed by atoms with van der Waals surface area (Å²) in [5.41, 5.74) is 6.94. The van der Waals surface area contributed by atoms with Crippen LogP contribution in [-0.4, -0.2) is 49.9 Å². The predicted molar refractivity (Wildman–Crippen MR) is 107 cm³/mol. The highest BCUT2D eigenvalue weighted by Gasteiger charge is 2.17. The Bertz CT molecular complexity index is 679. The summed E-state index contributed by atoms with van der Waals surface area (Å²) in [5, 5.41) is 7.56. The van der Waals surface area contributed by atoms with Gasteiger partial charge in [-0.3, -0.25) is 19.2 Å². The maximum absolute atomic E-state index is 11.9. The summed E-state index contributed by atoms with van der Waals surface area (Å²) >= 11 is 0. The van der Waals surface area contributed by atoms with E-state index in [1.807, 2.05) is 13.8 Å². The molecule has 28 heavy (non-hydrogen) atoms. The summed E-state index contributed by atoms with van der Waals surface area (Å²) in [6.07, 6.45) is 0.0916. The fourth-order valence-electron chi connectivity index (χ4n) is 1.99. The highest BCUT2D eigenvalue weighted by Crippen LogP contribution is 2.10. The lowest BCUT2D eigenvalue weighted by molar-refractivity contribution is -0.141. The lowest BCUT2D eigenvalue weighted by Gasteiger charge is -2.15. The Labute approximate surface area is 170 Å². The molecule has 0 aliphatic heterocycles. The number of methoxy groups -OCH3 is 1. The molecule has 0 heterocycles. The molecule has 0 aromatic heterocycles. The molecule has 1 aromatic carbocycles. The van der Waals surface area contributed by atoms with Crippen molar-refractivity contribution in [2.75, 3.05) is 25.5 Å². The van der Waals surface area contributed by atoms with Gasteiger partial charge in [-0.2, -0.15) is 0 Å². The van der Waals surface area contributed by atoms with Crippen molar-refractivity contribution in [3.63, 3.8) is 0 Å². The lowest BCUT2D eigenvalue weighted by Crippen LogP contribution is -2.46. The molecule has 156 valence electrons. The Morgan fingerprint density at radius 1 is 1.00 bits per heavy atom. The molecule has 5 N–H and O–H groups in total. The van der Waals surface area contributed by atoms with Gasteiger partial charge in [0.25, 0.3) is 0 Å². The first-order chi connectivity index (χ1) is 12.7. The molecule has 9 nitrogen and oxygen atoms in total. The third-order valence-electron chi connectivity index (χ3n) is 3.70. The summed E-state index contributed by atoms with van der Waals surface area (Å²) in [5.74, 6) is -1.63. The van der Waals surface area contributed by atoms with E-state index in [0.29, 0.717) is 11.3 Å². The molecule has 0 radical (unpaired) electrons. The van der Waals surface area contributed by atoms with E-state index in [4.69, 9.17) is 5.73 Å². The van der Waals surface area contributed by atoms with Crippen LogP contribution in [0.1, 0.15) is 19.4 Å². The summed E-state index contributed by atoms with van der Waals surface area (Å²) in [6.45, 7) is 3.27. The second-order valence-electron chi connectivity index (χ2n) is 6.26. The van der Waals surface area contributed by atoms with Crippen molar-refractivity contribution in [2.45, 2.75) is 26.3 Å². The van der Waals surface area contributed by atoms with Crippen LogP contribution in [0.15, 0.2) is 24.3 Å². The van der Waals surface area contributed by atoms with E-state index in [1.165, 1.54) is 7.11 Å². The van der Waals surface area contributed by atoms with Gasteiger partial charge in [-0.25, -0.2) is 0 Å². The Balaban J connectivity index is 0.00000729. The molecule has 0 saturated carbocycles. The zero-order valence-corrected chi connectivity index (χ0v) is 16.9. The average molecular weight is 415 g/mol. The van der Waals surface area contributed by atoms with Gasteiger partial charge in [-0.1, -0.05) is 26.0 Å². The number of halogens is 1. The van der Waals surface area contributed by atoms with Crippen LogP contribution in [-0.2, 0) is 30.3 Å². The van der Waals surface area contributed by atoms with Crippen LogP contribution in [0.2, 0.25) is 0 Å². The van der Waals surface area contributed by atoms with Gasteiger partial charge in [0, 0.05) is 5.69 Å². The van der Waals surface area contributed by atoms with Crippen LogP contribution in [0.5, 0.6) is 0 Å². The monoisotopic (exact) mass is 414 g/mol. The van der Waals surface area contributed by atoms with Crippen LogP contribution < -0.4 is 21.7 Å². The van der Waals surface area contributed by atoms with E-state index in [0.717, 1.165) is 0 Å². The summed E-state index contributed by atoms with van der Waals surface area (Å²) in [7, 11) is 1.24. The predicted octanol–water partition coefficient (Wildman–Crippen LogP) is -0.0219. The number of anilines is 1. The van der Waals surface area contributed by atoms with Gasteiger partial charge < -0.3 is 26.4 Å². The Morgan fingerprint density at radius 2 is 1.61 bits per heavy atom. The van der Waals surface area contributed by atoms with Crippen LogP contribution in [0.25, 0.3) is 0 Å². The number of nitrogens with two attached hydrogens (primary N) is 1. The first-order valence-electron chi connectivity index (χ1n) is 8.48. The largest absolute Gasteiger partial charge is 0.468 e. The van der Waals surface area contributed by atoms with E-state index in [9.17, 15) is 19.2 Å². The van der Waals surface area contributed by atoms with Crippen molar-refractivity contribution in [2.24, 2.45) is 11.7 Å². The first kappa shape index (κ1) is 25.4. The van der Waals surface area contributed by atoms with Gasteiger partial charge in [-0.15, -0.1) is 12.4 Å². The minimum atomic E-state index is -0.664. The number of rotatable bonds is 9. The SMILES string of the molecule is COC(=O)CNC(=O)Cc1ccc(NC(=O)CNC(=O)[C@@H](N)C(C)C)cc1.Cl. The smallest absolute Gasteiger partial charge is 0.325 e. The quantitative estimate of drug-likeness (QED) is 0.418. The number of hydrogen-bond acceptors (Lipinski definition) is 6. The highest BCUT2D eigenvalue weighted by molar-refractivity contribution is 5.95. The van der Waals surface area contributed by atoms with Gasteiger partial charge in [0.1, 0.15) is 6.54 Å². The molecule has 0 saturated heterocycles. The number of ether oxygens (including phenoxy) is 1. The lowest BCUT2D eigenvalue weighted by atomic mass is 10.1. The second-order valence-corrected chi connectivity index (χ2v) is 6.26. The molecule has 0 bridgehead atoms. The summed E-state index contributed by atoms with van der Waals surface area (Å²) < 4.78 is 4.44. The molecule has 0 aliphatic carbocycles. The number of hydrogen-bond donors (Lipinski definition) is 4. The van der Waals surface area contributed by atoms with Crippen LogP contribution in [0.3, 0.4) is 0 Å². The molecule has 1 atom stereocenters. The van der Waals surface area contributed by atoms with Crippen LogP contribution in [0, 0.1) is 5.92 Å². The van der Waals surface area contributed by atoms with Gasteiger partial charge in [0.15, 0.2) is 0 Å². The molecule has 0 fully saturated rings. The number of benzene rings is 1. The van der Waals surface area contributed by atoms with E-state index >= 15 is 0 Å². The van der Waals surface area contributed by atoms with E-state index < -0.39 is 12.0 Å². The Kier molecular flexibility index (Phi) is 11.5. The van der Waals surface area contributed by atoms with Crippen molar-refractivity contribution in [3.8, 4) is 0 Å². The highest BCUT2D eigenvalue weighted by atomic mass is 35.5. The number of nitrogens with one attached hydrogen (secondary N) is 3. The minimum Gasteiger partial charge on any atom is -0.468 e. The van der Waals surface area contributed by atoms with Crippen LogP contribution in [0.4, 0.5) is 5.69 Å². The van der Waals surface area contributed by atoms with Gasteiger partial charge >= 0.3 is 5.97 Å². The fourth-order valence-corrected chi connectivity index (χ4v) is 1.99. The summed E-state index contributed by atoms with van der Waals surface area (Å²) in [6, 6.07) is 5.98. The Morgan fingerprint density at radius 3 is 2.14 bits per heavy atom. The number of esters is 1. The zero-order chi connectivity index (χ0) is 20.4. The zero-order valence-electron chi connectivity index (χ0n) is 16.1. The average Bonchev–Trinajstić information content (AvgIpc) is 2.64. The number of carbonyl (C=O) groups is 4. The van der Waals surface area contributed by atoms with Gasteiger partial charge in [0.05, 0.1) is 26.1 Å². The Hall–Kier alpha value is -2.65. The molecule has 0 aliphatic rings. The van der Waals surface area contributed by atoms with Crippen molar-refractivity contribution >= 4 is 41.8 Å². The molecule has 1 rings (SSSR count). The van der Waals surface area contributed by atoms with Crippen molar-refractivity contribution in [1.29, 1.82) is 0 Å². The van der Waals surface area contributed by atoms with Crippen LogP contribution >= 0.6 is 12.4 Å². The van der Waals surface area contributed by atoms with Gasteiger partial charge in [0.2, 0.25) is 17.7 Å². The van der Waals surface area contributed by atoms with Crippen molar-refractivity contribution in [1.82, 2.24) is 10.6 Å². The first-order valence-corrected chi connectivity index (χ1v) is 8.48. The third kappa shape index (κ3) is 9.33. The minimum absolute atomic E-state index is 0. The van der Waals surface area contributed by atoms with Crippen molar-refractivity contribution < 1.29 is 23.9 Å². The van der Waals surface area contributed by atoms with E-state index in [-0.39, 0.29) is 55.6 Å². The van der Waals surface area contributed by atoms with Gasteiger partial charge in [-0.05, 0) is 23.6 Å². The van der Waals surface area contributed by atoms with E-state index in [2.05, 4.69) is 20.7 Å². The maximum atomic E-state index is 11.9. The molecule has 0 unspecified atom stereocenters. The fraction of sp³-hybridized carbons (Fsp3) is 0.444. The second kappa shape index (κ2) is 12.7. The molecule has 1 aromatic rings. The molecular weight excluding hydrogens is 388 g/mol. The number of amides is 3. The summed E-state index contributed by atoms with van der Waals surface area (Å²) in [4.78, 5) is 46.3. The third-order valence-corrected chi connectivity index (χ3v) is 3.70. The molecule has 3 amide bonds.